The van der Waals surface area contributed by atoms with Crippen LogP contribution in [0.3, 0.4) is 0 Å². The number of carbonyl (C=O) groups excluding carboxylic acids is 1. The molecule has 2 atom stereocenters. The van der Waals surface area contributed by atoms with Crippen molar-refractivity contribution in [1.29, 1.82) is 0 Å². The minimum atomic E-state index is -0.448. The fourth-order valence-electron chi connectivity index (χ4n) is 3.61. The van der Waals surface area contributed by atoms with Gasteiger partial charge in [-0.1, -0.05) is 36.4 Å². The highest BCUT2D eigenvalue weighted by molar-refractivity contribution is 5.87. The Labute approximate surface area is 145 Å². The number of para-hydroxylation sites is 2. The van der Waals surface area contributed by atoms with Crippen LogP contribution in [-0.2, 0) is 16.0 Å². The maximum Gasteiger partial charge on any atom is 0.323 e. The van der Waals surface area contributed by atoms with E-state index in [0.717, 1.165) is 27.7 Å². The molecular formula is C20H20N2O3. The molecule has 3 N–H and O–H groups in total. The van der Waals surface area contributed by atoms with Crippen molar-refractivity contribution in [1.82, 2.24) is 10.3 Å². The molecule has 1 aliphatic rings. The second kappa shape index (κ2) is 6.26. The largest absolute Gasteiger partial charge is 0.508 e. The molecule has 1 aliphatic heterocycles. The molecule has 0 amide bonds. The van der Waals surface area contributed by atoms with E-state index in [-0.39, 0.29) is 17.8 Å². The summed E-state index contributed by atoms with van der Waals surface area (Å²) in [4.78, 5) is 15.8. The summed E-state index contributed by atoms with van der Waals surface area (Å²) in [5, 5.41) is 14.8. The van der Waals surface area contributed by atoms with Crippen LogP contribution in [0.4, 0.5) is 0 Å². The fourth-order valence-corrected chi connectivity index (χ4v) is 3.61. The molecule has 1 aromatic heterocycles. The lowest BCUT2D eigenvalue weighted by Crippen LogP contribution is -2.45. The second-order valence-electron chi connectivity index (χ2n) is 6.23. The maximum absolute atomic E-state index is 12.4. The molecule has 2 heterocycles. The normalized spacial score (nSPS) is 19.6. The van der Waals surface area contributed by atoms with Gasteiger partial charge in [0.05, 0.1) is 12.6 Å². The average Bonchev–Trinajstić information content (AvgIpc) is 3.00. The van der Waals surface area contributed by atoms with Gasteiger partial charge in [-0.15, -0.1) is 0 Å². The van der Waals surface area contributed by atoms with E-state index in [1.165, 1.54) is 0 Å². The van der Waals surface area contributed by atoms with Crippen LogP contribution in [0.2, 0.25) is 0 Å². The first kappa shape index (κ1) is 15.7. The van der Waals surface area contributed by atoms with Crippen molar-refractivity contribution in [3.05, 3.63) is 65.4 Å². The van der Waals surface area contributed by atoms with Gasteiger partial charge in [0.1, 0.15) is 11.8 Å². The van der Waals surface area contributed by atoms with Gasteiger partial charge in [0.2, 0.25) is 0 Å². The Morgan fingerprint density at radius 3 is 2.76 bits per heavy atom. The summed E-state index contributed by atoms with van der Waals surface area (Å²) in [5.41, 5.74) is 3.85. The van der Waals surface area contributed by atoms with Crippen LogP contribution in [-0.4, -0.2) is 28.7 Å². The predicted molar refractivity (Wildman–Crippen MR) is 95.5 cm³/mol. The molecule has 3 aromatic rings. The molecule has 0 aliphatic carbocycles. The average molecular weight is 336 g/mol. The molecule has 2 aromatic carbocycles. The first-order valence-electron chi connectivity index (χ1n) is 8.49. The van der Waals surface area contributed by atoms with E-state index < -0.39 is 6.04 Å². The SMILES string of the molecule is CCOC(=O)[C@@H]1Cc2c([nH]c3ccccc23)C(c2ccccc2O)N1. The van der Waals surface area contributed by atoms with E-state index in [1.54, 1.807) is 19.1 Å². The van der Waals surface area contributed by atoms with E-state index in [0.29, 0.717) is 13.0 Å². The van der Waals surface area contributed by atoms with Crippen LogP contribution in [0.1, 0.15) is 29.8 Å². The molecular weight excluding hydrogens is 316 g/mol. The van der Waals surface area contributed by atoms with Gasteiger partial charge in [-0.2, -0.15) is 0 Å². The summed E-state index contributed by atoms with van der Waals surface area (Å²) < 4.78 is 5.23. The van der Waals surface area contributed by atoms with E-state index in [2.05, 4.69) is 16.4 Å². The number of esters is 1. The summed E-state index contributed by atoms with van der Waals surface area (Å²) in [5.74, 6) is -0.0621. The van der Waals surface area contributed by atoms with Gasteiger partial charge in [-0.25, -0.2) is 0 Å². The van der Waals surface area contributed by atoms with E-state index in [4.69, 9.17) is 4.74 Å². The monoisotopic (exact) mass is 336 g/mol. The van der Waals surface area contributed by atoms with Gasteiger partial charge in [0.25, 0.3) is 0 Å². The van der Waals surface area contributed by atoms with Crippen LogP contribution in [0, 0.1) is 0 Å². The minimum Gasteiger partial charge on any atom is -0.508 e. The third-order valence-electron chi connectivity index (χ3n) is 4.73. The van der Waals surface area contributed by atoms with E-state index >= 15 is 0 Å². The number of ether oxygens (including phenoxy) is 1. The van der Waals surface area contributed by atoms with Crippen molar-refractivity contribution in [2.75, 3.05) is 6.61 Å². The number of rotatable bonds is 3. The van der Waals surface area contributed by atoms with Crippen LogP contribution in [0.5, 0.6) is 5.75 Å². The van der Waals surface area contributed by atoms with E-state index in [9.17, 15) is 9.90 Å². The Hall–Kier alpha value is -2.79. The molecule has 0 fully saturated rings. The summed E-state index contributed by atoms with van der Waals surface area (Å²) in [7, 11) is 0. The number of aromatic hydroxyl groups is 1. The molecule has 0 saturated heterocycles. The number of phenolic OH excluding ortho intramolecular Hbond substituents is 1. The summed E-state index contributed by atoms with van der Waals surface area (Å²) >= 11 is 0. The Morgan fingerprint density at radius 2 is 1.96 bits per heavy atom. The summed E-state index contributed by atoms with van der Waals surface area (Å²) in [6, 6.07) is 14.5. The smallest absolute Gasteiger partial charge is 0.323 e. The molecule has 128 valence electrons. The summed E-state index contributed by atoms with van der Waals surface area (Å²) in [6.45, 7) is 2.15. The molecule has 0 radical (unpaired) electrons. The first-order chi connectivity index (χ1) is 12.2. The molecule has 0 spiro atoms. The topological polar surface area (TPSA) is 74.4 Å². The molecule has 0 bridgehead atoms. The van der Waals surface area contributed by atoms with Gasteiger partial charge in [-0.05, 0) is 24.6 Å². The number of aromatic nitrogens is 1. The van der Waals surface area contributed by atoms with Crippen LogP contribution in [0.15, 0.2) is 48.5 Å². The number of hydrogen-bond donors (Lipinski definition) is 3. The van der Waals surface area contributed by atoms with Crippen LogP contribution < -0.4 is 5.32 Å². The van der Waals surface area contributed by atoms with Gasteiger partial charge >= 0.3 is 5.97 Å². The minimum absolute atomic E-state index is 0.203. The summed E-state index contributed by atoms with van der Waals surface area (Å²) in [6.07, 6.45) is 0.558. The number of phenols is 1. The number of H-pyrrole nitrogens is 1. The standard InChI is InChI=1S/C20H20N2O3/c1-2-25-20(24)16-11-14-12-7-3-5-9-15(12)21-19(14)18(22-16)13-8-4-6-10-17(13)23/h3-10,16,18,21-23H,2,11H2,1H3/t16-,18?/m0/s1. The van der Waals surface area contributed by atoms with Gasteiger partial charge < -0.3 is 14.8 Å². The van der Waals surface area contributed by atoms with Crippen molar-refractivity contribution in [2.24, 2.45) is 0 Å². The maximum atomic E-state index is 12.4. The molecule has 4 rings (SSSR count). The molecule has 0 saturated carbocycles. The number of fused-ring (bicyclic) bond motifs is 3. The number of carbonyl (C=O) groups is 1. The highest BCUT2D eigenvalue weighted by Crippen LogP contribution is 2.37. The number of hydrogen-bond acceptors (Lipinski definition) is 4. The van der Waals surface area contributed by atoms with Crippen molar-refractivity contribution in [2.45, 2.75) is 25.4 Å². The first-order valence-corrected chi connectivity index (χ1v) is 8.49. The third kappa shape index (κ3) is 2.66. The molecule has 5 heteroatoms. The van der Waals surface area contributed by atoms with Crippen LogP contribution in [0.25, 0.3) is 10.9 Å². The van der Waals surface area contributed by atoms with Crippen LogP contribution >= 0.6 is 0 Å². The Bertz CT molecular complexity index is 932. The fraction of sp³-hybridized carbons (Fsp3) is 0.250. The highest BCUT2D eigenvalue weighted by Gasteiger charge is 2.35. The number of aromatic amines is 1. The lowest BCUT2D eigenvalue weighted by molar-refractivity contribution is -0.146. The highest BCUT2D eigenvalue weighted by atomic mass is 16.5. The third-order valence-corrected chi connectivity index (χ3v) is 4.73. The Balaban J connectivity index is 1.86. The Kier molecular flexibility index (Phi) is 3.93. The second-order valence-corrected chi connectivity index (χ2v) is 6.23. The number of benzene rings is 2. The zero-order chi connectivity index (χ0) is 17.4. The van der Waals surface area contributed by atoms with E-state index in [1.807, 2.05) is 30.3 Å². The molecule has 1 unspecified atom stereocenters. The van der Waals surface area contributed by atoms with Gasteiger partial charge in [-0.3, -0.25) is 10.1 Å². The van der Waals surface area contributed by atoms with Crippen molar-refractivity contribution in [3.63, 3.8) is 0 Å². The van der Waals surface area contributed by atoms with Crippen molar-refractivity contribution < 1.29 is 14.6 Å². The van der Waals surface area contributed by atoms with Crippen molar-refractivity contribution >= 4 is 16.9 Å². The Morgan fingerprint density at radius 1 is 1.20 bits per heavy atom. The zero-order valence-corrected chi connectivity index (χ0v) is 14.0. The number of nitrogens with one attached hydrogen (secondary N) is 2. The van der Waals surface area contributed by atoms with Crippen molar-refractivity contribution in [3.8, 4) is 5.75 Å². The molecule has 25 heavy (non-hydrogen) atoms. The lowest BCUT2D eigenvalue weighted by atomic mass is 9.90. The van der Waals surface area contributed by atoms with Gasteiger partial charge in [0.15, 0.2) is 0 Å². The quantitative estimate of drug-likeness (QED) is 0.643. The van der Waals surface area contributed by atoms with Gasteiger partial charge in [0, 0.05) is 28.6 Å². The molecule has 5 nitrogen and oxygen atoms in total. The lowest BCUT2D eigenvalue weighted by Gasteiger charge is -2.30. The predicted octanol–water partition coefficient (Wildman–Crippen LogP) is 3.04. The zero-order valence-electron chi connectivity index (χ0n) is 14.0.